The Hall–Kier alpha value is -0.0400. The molecule has 12 heavy (non-hydrogen) atoms. The van der Waals surface area contributed by atoms with Gasteiger partial charge in [0.2, 0.25) is 0 Å². The van der Waals surface area contributed by atoms with Crippen LogP contribution < -0.4 is 5.32 Å². The molecule has 2 atom stereocenters. The van der Waals surface area contributed by atoms with E-state index in [-0.39, 0.29) is 0 Å². The second-order valence-corrected chi connectivity index (χ2v) is 5.09. The molecule has 72 valence electrons. The lowest BCUT2D eigenvalue weighted by Gasteiger charge is -2.24. The van der Waals surface area contributed by atoms with Gasteiger partial charge in [0.05, 0.1) is 0 Å². The molecule has 0 bridgehead atoms. The van der Waals surface area contributed by atoms with Crippen LogP contribution in [0.4, 0.5) is 0 Å². The van der Waals surface area contributed by atoms with E-state index in [0.29, 0.717) is 5.41 Å². The summed E-state index contributed by atoms with van der Waals surface area (Å²) in [7, 11) is 2.06. The summed E-state index contributed by atoms with van der Waals surface area (Å²) in [5, 5.41) is 3.31. The van der Waals surface area contributed by atoms with Gasteiger partial charge in [-0.25, -0.2) is 0 Å². The molecule has 1 rings (SSSR count). The molecule has 0 saturated heterocycles. The quantitative estimate of drug-likeness (QED) is 0.685. The van der Waals surface area contributed by atoms with Gasteiger partial charge in [-0.05, 0) is 43.6 Å². The Morgan fingerprint density at radius 3 is 2.58 bits per heavy atom. The standard InChI is InChI=1S/C11H23N/c1-9(2)10-5-6-11(3,7-10)8-12-4/h9-10,12H,5-8H2,1-4H3. The van der Waals surface area contributed by atoms with Crippen LogP contribution in [0.3, 0.4) is 0 Å². The Morgan fingerprint density at radius 2 is 2.17 bits per heavy atom. The van der Waals surface area contributed by atoms with Crippen molar-refractivity contribution < 1.29 is 0 Å². The van der Waals surface area contributed by atoms with Crippen LogP contribution in [-0.2, 0) is 0 Å². The van der Waals surface area contributed by atoms with Gasteiger partial charge in [0.25, 0.3) is 0 Å². The first kappa shape index (κ1) is 10.0. The molecule has 1 aliphatic rings. The normalized spacial score (nSPS) is 36.2. The Bertz CT molecular complexity index is 142. The molecule has 0 radical (unpaired) electrons. The zero-order valence-corrected chi connectivity index (χ0v) is 8.98. The first-order chi connectivity index (χ1) is 5.57. The van der Waals surface area contributed by atoms with Crippen molar-refractivity contribution in [2.45, 2.75) is 40.0 Å². The fraction of sp³-hybridized carbons (Fsp3) is 1.00. The van der Waals surface area contributed by atoms with E-state index in [1.807, 2.05) is 0 Å². The van der Waals surface area contributed by atoms with Crippen molar-refractivity contribution in [3.8, 4) is 0 Å². The summed E-state index contributed by atoms with van der Waals surface area (Å²) in [6.45, 7) is 8.33. The highest BCUT2D eigenvalue weighted by atomic mass is 14.8. The molecule has 0 spiro atoms. The van der Waals surface area contributed by atoms with E-state index in [0.717, 1.165) is 11.8 Å². The van der Waals surface area contributed by atoms with Gasteiger partial charge in [0, 0.05) is 6.54 Å². The Kier molecular flexibility index (Phi) is 3.16. The summed E-state index contributed by atoms with van der Waals surface area (Å²) in [4.78, 5) is 0. The van der Waals surface area contributed by atoms with Crippen molar-refractivity contribution in [1.29, 1.82) is 0 Å². The average Bonchev–Trinajstić information content (AvgIpc) is 2.33. The lowest BCUT2D eigenvalue weighted by atomic mass is 9.85. The lowest BCUT2D eigenvalue weighted by Crippen LogP contribution is -2.27. The zero-order chi connectivity index (χ0) is 9.19. The summed E-state index contributed by atoms with van der Waals surface area (Å²) < 4.78 is 0. The minimum absolute atomic E-state index is 0.587. The van der Waals surface area contributed by atoms with E-state index in [2.05, 4.69) is 33.1 Å². The summed E-state index contributed by atoms with van der Waals surface area (Å²) in [5.74, 6) is 1.85. The zero-order valence-electron chi connectivity index (χ0n) is 8.98. The van der Waals surface area contributed by atoms with E-state index in [1.54, 1.807) is 0 Å². The highest BCUT2D eigenvalue weighted by Gasteiger charge is 2.35. The van der Waals surface area contributed by atoms with Gasteiger partial charge in [0.15, 0.2) is 0 Å². The first-order valence-electron chi connectivity index (χ1n) is 5.22. The van der Waals surface area contributed by atoms with Crippen LogP contribution in [0.1, 0.15) is 40.0 Å². The van der Waals surface area contributed by atoms with Crippen LogP contribution >= 0.6 is 0 Å². The fourth-order valence-electron chi connectivity index (χ4n) is 2.53. The average molecular weight is 169 g/mol. The summed E-state index contributed by atoms with van der Waals surface area (Å²) >= 11 is 0. The highest BCUT2D eigenvalue weighted by Crippen LogP contribution is 2.43. The third kappa shape index (κ3) is 2.22. The highest BCUT2D eigenvalue weighted by molar-refractivity contribution is 4.87. The molecule has 0 aliphatic heterocycles. The lowest BCUT2D eigenvalue weighted by molar-refractivity contribution is 0.288. The van der Waals surface area contributed by atoms with Gasteiger partial charge in [-0.15, -0.1) is 0 Å². The summed E-state index contributed by atoms with van der Waals surface area (Å²) in [6.07, 6.45) is 4.28. The van der Waals surface area contributed by atoms with Crippen molar-refractivity contribution in [2.75, 3.05) is 13.6 Å². The maximum atomic E-state index is 3.31. The third-order valence-corrected chi connectivity index (χ3v) is 3.42. The van der Waals surface area contributed by atoms with Crippen molar-refractivity contribution >= 4 is 0 Å². The molecule has 1 fully saturated rings. The molecule has 1 N–H and O–H groups in total. The molecule has 0 aromatic heterocycles. The number of hydrogen-bond donors (Lipinski definition) is 1. The van der Waals surface area contributed by atoms with Crippen molar-refractivity contribution in [2.24, 2.45) is 17.3 Å². The van der Waals surface area contributed by atoms with Gasteiger partial charge in [-0.1, -0.05) is 20.8 Å². The van der Waals surface area contributed by atoms with Gasteiger partial charge >= 0.3 is 0 Å². The fourth-order valence-corrected chi connectivity index (χ4v) is 2.53. The van der Waals surface area contributed by atoms with Crippen LogP contribution in [0.25, 0.3) is 0 Å². The van der Waals surface area contributed by atoms with E-state index >= 15 is 0 Å². The third-order valence-electron chi connectivity index (χ3n) is 3.42. The molecule has 1 aliphatic carbocycles. The smallest absolute Gasteiger partial charge is 0.000226 e. The molecule has 0 aromatic carbocycles. The van der Waals surface area contributed by atoms with E-state index in [1.165, 1.54) is 25.8 Å². The van der Waals surface area contributed by atoms with E-state index in [9.17, 15) is 0 Å². The SMILES string of the molecule is CNCC1(C)CCC(C(C)C)C1. The van der Waals surface area contributed by atoms with E-state index < -0.39 is 0 Å². The number of nitrogens with one attached hydrogen (secondary N) is 1. The van der Waals surface area contributed by atoms with Gasteiger partial charge in [-0.3, -0.25) is 0 Å². The molecule has 1 saturated carbocycles. The Morgan fingerprint density at radius 1 is 1.50 bits per heavy atom. The monoisotopic (exact) mass is 169 g/mol. The number of rotatable bonds is 3. The van der Waals surface area contributed by atoms with Crippen molar-refractivity contribution in [3.63, 3.8) is 0 Å². The Balaban J connectivity index is 2.43. The molecular formula is C11H23N. The predicted octanol–water partition coefficient (Wildman–Crippen LogP) is 2.67. The van der Waals surface area contributed by atoms with E-state index in [4.69, 9.17) is 0 Å². The summed E-state index contributed by atoms with van der Waals surface area (Å²) in [6, 6.07) is 0. The molecule has 0 heterocycles. The molecule has 1 heteroatoms. The summed E-state index contributed by atoms with van der Waals surface area (Å²) in [5.41, 5.74) is 0.587. The molecule has 2 unspecified atom stereocenters. The minimum Gasteiger partial charge on any atom is -0.319 e. The van der Waals surface area contributed by atoms with Crippen LogP contribution in [0, 0.1) is 17.3 Å². The topological polar surface area (TPSA) is 12.0 Å². The van der Waals surface area contributed by atoms with Crippen LogP contribution in [0.2, 0.25) is 0 Å². The van der Waals surface area contributed by atoms with Crippen molar-refractivity contribution in [1.82, 2.24) is 5.32 Å². The maximum absolute atomic E-state index is 3.31. The van der Waals surface area contributed by atoms with Gasteiger partial charge in [0.1, 0.15) is 0 Å². The first-order valence-corrected chi connectivity index (χ1v) is 5.22. The van der Waals surface area contributed by atoms with Crippen molar-refractivity contribution in [3.05, 3.63) is 0 Å². The van der Waals surface area contributed by atoms with Gasteiger partial charge < -0.3 is 5.32 Å². The molecular weight excluding hydrogens is 146 g/mol. The van der Waals surface area contributed by atoms with Crippen LogP contribution in [0.5, 0.6) is 0 Å². The molecule has 0 amide bonds. The molecule has 0 aromatic rings. The Labute approximate surface area is 76.9 Å². The largest absolute Gasteiger partial charge is 0.319 e. The van der Waals surface area contributed by atoms with Crippen LogP contribution in [-0.4, -0.2) is 13.6 Å². The number of hydrogen-bond acceptors (Lipinski definition) is 1. The minimum atomic E-state index is 0.587. The predicted molar refractivity (Wildman–Crippen MR) is 54.2 cm³/mol. The maximum Gasteiger partial charge on any atom is 0.000226 e. The second-order valence-electron chi connectivity index (χ2n) is 5.09. The second kappa shape index (κ2) is 3.78. The molecule has 1 nitrogen and oxygen atoms in total. The van der Waals surface area contributed by atoms with Gasteiger partial charge in [-0.2, -0.15) is 0 Å². The van der Waals surface area contributed by atoms with Crippen LogP contribution in [0.15, 0.2) is 0 Å².